The van der Waals surface area contributed by atoms with Crippen LogP contribution < -0.4 is 4.74 Å². The summed E-state index contributed by atoms with van der Waals surface area (Å²) in [5.41, 5.74) is 0.451. The highest BCUT2D eigenvalue weighted by atomic mass is 35.6. The molecule has 0 saturated carbocycles. The van der Waals surface area contributed by atoms with Gasteiger partial charge in [0.05, 0.1) is 11.6 Å². The van der Waals surface area contributed by atoms with Crippen molar-refractivity contribution in [1.82, 2.24) is 0 Å². The van der Waals surface area contributed by atoms with E-state index >= 15 is 0 Å². The smallest absolute Gasteiger partial charge is 0.338 e. The van der Waals surface area contributed by atoms with E-state index in [1.54, 1.807) is 18.2 Å². The molecule has 0 aliphatic carbocycles. The lowest BCUT2D eigenvalue weighted by Gasteiger charge is -2.13. The van der Waals surface area contributed by atoms with E-state index in [0.717, 1.165) is 0 Å². The fourth-order valence-electron chi connectivity index (χ4n) is 0.763. The van der Waals surface area contributed by atoms with Crippen molar-refractivity contribution in [3.63, 3.8) is 0 Å². The van der Waals surface area contributed by atoms with E-state index in [2.05, 4.69) is 0 Å². The molecular weight excluding hydrogens is 232 g/mol. The maximum atomic E-state index is 8.56. The first kappa shape index (κ1) is 10.5. The number of rotatable bonds is 1. The highest BCUT2D eigenvalue weighted by molar-refractivity contribution is 6.66. The van der Waals surface area contributed by atoms with Crippen LogP contribution in [0.25, 0.3) is 0 Å². The minimum Gasteiger partial charge on any atom is -0.446 e. The number of hydrogen-bond donors (Lipinski definition) is 0. The van der Waals surface area contributed by atoms with Crippen molar-refractivity contribution in [2.45, 2.75) is 3.98 Å². The highest BCUT2D eigenvalue weighted by Gasteiger charge is 2.21. The van der Waals surface area contributed by atoms with Crippen LogP contribution in [-0.2, 0) is 0 Å². The topological polar surface area (TPSA) is 33.0 Å². The van der Waals surface area contributed by atoms with E-state index in [0.29, 0.717) is 11.3 Å². The number of nitriles is 1. The van der Waals surface area contributed by atoms with Gasteiger partial charge in [-0.15, -0.1) is 0 Å². The Morgan fingerprint density at radius 2 is 2.00 bits per heavy atom. The summed E-state index contributed by atoms with van der Waals surface area (Å²) in [5.74, 6) is 0.346. The molecule has 2 nitrogen and oxygen atoms in total. The Labute approximate surface area is 90.6 Å². The fraction of sp³-hybridized carbons (Fsp3) is 0.125. The molecule has 1 rings (SSSR count). The van der Waals surface area contributed by atoms with Gasteiger partial charge in [0, 0.05) is 0 Å². The van der Waals surface area contributed by atoms with Crippen LogP contribution in [0.3, 0.4) is 0 Å². The molecule has 0 fully saturated rings. The summed E-state index contributed by atoms with van der Waals surface area (Å²) in [5, 5.41) is 8.56. The zero-order chi connectivity index (χ0) is 9.90. The zero-order valence-electron chi connectivity index (χ0n) is 6.30. The average molecular weight is 236 g/mol. The maximum absolute atomic E-state index is 8.56. The van der Waals surface area contributed by atoms with Gasteiger partial charge in [0.1, 0.15) is 5.75 Å². The molecule has 0 radical (unpaired) electrons. The molecule has 0 amide bonds. The Bertz CT molecular complexity index is 340. The number of nitrogens with zero attached hydrogens (tertiary/aromatic N) is 1. The molecule has 0 unspecified atom stereocenters. The van der Waals surface area contributed by atoms with Crippen LogP contribution in [0, 0.1) is 11.3 Å². The third-order valence-electron chi connectivity index (χ3n) is 1.20. The predicted molar refractivity (Wildman–Crippen MR) is 52.1 cm³/mol. The number of hydrogen-bond acceptors (Lipinski definition) is 2. The van der Waals surface area contributed by atoms with E-state index in [1.165, 1.54) is 6.07 Å². The van der Waals surface area contributed by atoms with Gasteiger partial charge in [-0.1, -0.05) is 6.07 Å². The molecule has 0 heterocycles. The van der Waals surface area contributed by atoms with Crippen molar-refractivity contribution in [2.75, 3.05) is 0 Å². The van der Waals surface area contributed by atoms with Gasteiger partial charge < -0.3 is 4.74 Å². The molecule has 68 valence electrons. The molecule has 13 heavy (non-hydrogen) atoms. The summed E-state index contributed by atoms with van der Waals surface area (Å²) in [7, 11) is 0. The maximum Gasteiger partial charge on any atom is 0.338 e. The van der Waals surface area contributed by atoms with Gasteiger partial charge in [-0.05, 0) is 53.0 Å². The van der Waals surface area contributed by atoms with Gasteiger partial charge in [0.2, 0.25) is 0 Å². The van der Waals surface area contributed by atoms with Crippen LogP contribution in [0.4, 0.5) is 0 Å². The van der Waals surface area contributed by atoms with E-state index in [-0.39, 0.29) is 0 Å². The van der Waals surface area contributed by atoms with Gasteiger partial charge in [-0.25, -0.2) is 0 Å². The number of alkyl halides is 3. The summed E-state index contributed by atoms with van der Waals surface area (Å²) in [6.45, 7) is 0. The van der Waals surface area contributed by atoms with Crippen molar-refractivity contribution in [3.05, 3.63) is 29.8 Å². The van der Waals surface area contributed by atoms with Crippen molar-refractivity contribution < 1.29 is 4.74 Å². The third-order valence-corrected chi connectivity index (χ3v) is 1.43. The number of ether oxygens (including phenoxy) is 1. The van der Waals surface area contributed by atoms with E-state index < -0.39 is 3.98 Å². The van der Waals surface area contributed by atoms with Crippen LogP contribution in [0.1, 0.15) is 5.56 Å². The predicted octanol–water partition coefficient (Wildman–Crippen LogP) is 3.26. The van der Waals surface area contributed by atoms with Crippen LogP contribution in [0.5, 0.6) is 5.75 Å². The molecule has 1 aromatic carbocycles. The zero-order valence-corrected chi connectivity index (χ0v) is 8.57. The lowest BCUT2D eigenvalue weighted by atomic mass is 10.2. The molecule has 1 aromatic rings. The van der Waals surface area contributed by atoms with E-state index in [4.69, 9.17) is 44.8 Å². The van der Waals surface area contributed by atoms with E-state index in [1.807, 2.05) is 6.07 Å². The number of benzene rings is 1. The second kappa shape index (κ2) is 4.06. The van der Waals surface area contributed by atoms with Crippen LogP contribution >= 0.6 is 34.8 Å². The second-order valence-electron chi connectivity index (χ2n) is 2.19. The number of halogens is 3. The lowest BCUT2D eigenvalue weighted by Crippen LogP contribution is -2.12. The Balaban J connectivity index is 2.86. The molecule has 0 aliphatic rings. The Morgan fingerprint density at radius 1 is 1.31 bits per heavy atom. The summed E-state index contributed by atoms with van der Waals surface area (Å²) < 4.78 is 3.09. The van der Waals surface area contributed by atoms with Crippen molar-refractivity contribution in [3.8, 4) is 11.8 Å². The molecule has 0 N–H and O–H groups in total. The third kappa shape index (κ3) is 3.73. The van der Waals surface area contributed by atoms with Gasteiger partial charge in [-0.2, -0.15) is 5.26 Å². The Hall–Kier alpha value is -0.620. The molecule has 0 aliphatic heterocycles. The Morgan fingerprint density at radius 3 is 2.54 bits per heavy atom. The molecule has 0 bridgehead atoms. The monoisotopic (exact) mass is 235 g/mol. The van der Waals surface area contributed by atoms with Crippen LogP contribution in [-0.4, -0.2) is 3.98 Å². The average Bonchev–Trinajstić information content (AvgIpc) is 2.01. The summed E-state index contributed by atoms with van der Waals surface area (Å²) in [6, 6.07) is 8.31. The van der Waals surface area contributed by atoms with Gasteiger partial charge >= 0.3 is 3.98 Å². The van der Waals surface area contributed by atoms with E-state index in [9.17, 15) is 0 Å². The minimum absolute atomic E-state index is 0.346. The first-order chi connectivity index (χ1) is 6.01. The Kier molecular flexibility index (Phi) is 3.27. The standard InChI is InChI=1S/C8H4Cl3NO/c9-8(10,11)13-7-3-1-2-6(4-7)5-12/h1-4H. The van der Waals surface area contributed by atoms with Crippen molar-refractivity contribution >= 4 is 34.8 Å². The molecule has 5 heteroatoms. The van der Waals surface area contributed by atoms with Gasteiger partial charge in [-0.3, -0.25) is 0 Å². The van der Waals surface area contributed by atoms with Crippen molar-refractivity contribution in [2.24, 2.45) is 0 Å². The van der Waals surface area contributed by atoms with Gasteiger partial charge in [0.15, 0.2) is 0 Å². The summed E-state index contributed by atoms with van der Waals surface area (Å²) in [6.07, 6.45) is 0. The molecular formula is C8H4Cl3NO. The normalized spacial score (nSPS) is 10.6. The summed E-state index contributed by atoms with van der Waals surface area (Å²) in [4.78, 5) is 0. The van der Waals surface area contributed by atoms with Gasteiger partial charge in [0.25, 0.3) is 0 Å². The second-order valence-corrected chi connectivity index (χ2v) is 4.36. The highest BCUT2D eigenvalue weighted by Crippen LogP contribution is 2.30. The summed E-state index contributed by atoms with van der Waals surface area (Å²) >= 11 is 16.2. The van der Waals surface area contributed by atoms with Crippen molar-refractivity contribution in [1.29, 1.82) is 5.26 Å². The molecule has 0 saturated heterocycles. The molecule has 0 atom stereocenters. The lowest BCUT2D eigenvalue weighted by molar-refractivity contribution is 0.320. The SMILES string of the molecule is N#Cc1cccc(OC(Cl)(Cl)Cl)c1. The molecule has 0 spiro atoms. The first-order valence-electron chi connectivity index (χ1n) is 3.27. The largest absolute Gasteiger partial charge is 0.446 e. The van der Waals surface area contributed by atoms with Crippen LogP contribution in [0.2, 0.25) is 0 Å². The first-order valence-corrected chi connectivity index (χ1v) is 4.40. The quantitative estimate of drug-likeness (QED) is 0.701. The van der Waals surface area contributed by atoms with Crippen LogP contribution in [0.15, 0.2) is 24.3 Å². The molecule has 0 aromatic heterocycles. The fourth-order valence-corrected chi connectivity index (χ4v) is 1.03. The minimum atomic E-state index is -1.80.